The molecule has 1 amide bonds. The molecule has 0 saturated carbocycles. The van der Waals surface area contributed by atoms with Gasteiger partial charge in [0.05, 0.1) is 48.5 Å². The van der Waals surface area contributed by atoms with Gasteiger partial charge in [-0.25, -0.2) is 9.78 Å². The molecule has 0 radical (unpaired) electrons. The molecule has 232 valence electrons. The first-order valence-corrected chi connectivity index (χ1v) is 12.7. The van der Waals surface area contributed by atoms with E-state index in [0.717, 1.165) is 11.0 Å². The molecule has 4 rings (SSSR count). The van der Waals surface area contributed by atoms with E-state index < -0.39 is 77.7 Å². The highest BCUT2D eigenvalue weighted by atomic mass is 19.4. The fraction of sp³-hybridized carbons (Fsp3) is 0.538. The van der Waals surface area contributed by atoms with E-state index in [1.807, 2.05) is 0 Å². The van der Waals surface area contributed by atoms with Crippen LogP contribution in [0.25, 0.3) is 0 Å². The lowest BCUT2D eigenvalue weighted by Gasteiger charge is -2.31. The summed E-state index contributed by atoms with van der Waals surface area (Å²) in [6, 6.07) is 0.0129. The summed E-state index contributed by atoms with van der Waals surface area (Å²) >= 11 is 0. The summed E-state index contributed by atoms with van der Waals surface area (Å²) in [4.78, 5) is 19.3. The third-order valence-corrected chi connectivity index (χ3v) is 7.15. The van der Waals surface area contributed by atoms with Gasteiger partial charge in [-0.05, 0) is 43.7 Å². The summed E-state index contributed by atoms with van der Waals surface area (Å²) in [5, 5.41) is 0. The topological polar surface area (TPSA) is 64.1 Å². The number of pyridine rings is 1. The molecule has 3 heterocycles. The number of likely N-dealkylation sites (N-methyl/N-ethyl adjacent to an activating group) is 1. The van der Waals surface area contributed by atoms with Gasteiger partial charge in [-0.15, -0.1) is 0 Å². The Kier molecular flexibility index (Phi) is 8.62. The molecule has 4 atom stereocenters. The summed E-state index contributed by atoms with van der Waals surface area (Å²) in [5.74, 6) is 0.0464. The zero-order valence-corrected chi connectivity index (χ0v) is 22.4. The van der Waals surface area contributed by atoms with Gasteiger partial charge in [0.2, 0.25) is 0 Å². The van der Waals surface area contributed by atoms with E-state index in [2.05, 4.69) is 4.98 Å². The van der Waals surface area contributed by atoms with E-state index >= 15 is 0 Å². The predicted molar refractivity (Wildman–Crippen MR) is 128 cm³/mol. The van der Waals surface area contributed by atoms with Crippen molar-refractivity contribution >= 4 is 11.9 Å². The Labute approximate surface area is 234 Å². The molecule has 1 aromatic heterocycles. The average molecular weight is 615 g/mol. The van der Waals surface area contributed by atoms with Crippen molar-refractivity contribution in [3.8, 4) is 0 Å². The molecule has 16 heteroatoms. The van der Waals surface area contributed by atoms with Crippen molar-refractivity contribution in [2.24, 2.45) is 0 Å². The molecule has 0 N–H and O–H groups in total. The summed E-state index contributed by atoms with van der Waals surface area (Å²) in [6.45, 7) is 3.28. The average Bonchev–Trinajstić information content (AvgIpc) is 3.46. The Bertz CT molecular complexity index is 1270. The first-order chi connectivity index (χ1) is 19.4. The molecule has 0 aliphatic carbocycles. The maximum absolute atomic E-state index is 13.6. The van der Waals surface area contributed by atoms with E-state index in [1.54, 1.807) is 18.9 Å². The Morgan fingerprint density at radius 1 is 0.952 bits per heavy atom. The third-order valence-electron chi connectivity index (χ3n) is 7.15. The SMILES string of the molecule is CCOC1COC[C@@H]1N(C)c1ncc(C(F)(F)F)cc1CN1C(=O)O[C@H](c2cc(C(F)(F)F)cc(C(F)(F)F)c2)C1C. The van der Waals surface area contributed by atoms with Crippen molar-refractivity contribution in [3.05, 3.63) is 58.3 Å². The molecule has 2 aliphatic rings. The van der Waals surface area contributed by atoms with Crippen LogP contribution in [0.3, 0.4) is 0 Å². The molecule has 2 aliphatic heterocycles. The van der Waals surface area contributed by atoms with Gasteiger partial charge in [0.15, 0.2) is 0 Å². The highest BCUT2D eigenvalue weighted by Gasteiger charge is 2.44. The van der Waals surface area contributed by atoms with Crippen LogP contribution in [0.15, 0.2) is 30.5 Å². The molecule has 42 heavy (non-hydrogen) atoms. The van der Waals surface area contributed by atoms with Crippen molar-refractivity contribution in [1.29, 1.82) is 0 Å². The Morgan fingerprint density at radius 2 is 1.55 bits per heavy atom. The number of alkyl halides is 9. The van der Waals surface area contributed by atoms with Gasteiger partial charge in [-0.2, -0.15) is 39.5 Å². The highest BCUT2D eigenvalue weighted by molar-refractivity contribution is 5.71. The lowest BCUT2D eigenvalue weighted by molar-refractivity contribution is -0.143. The number of hydrogen-bond donors (Lipinski definition) is 0. The van der Waals surface area contributed by atoms with Gasteiger partial charge in [-0.3, -0.25) is 4.90 Å². The molecule has 1 aromatic carbocycles. The molecule has 2 fully saturated rings. The molecular weight excluding hydrogens is 589 g/mol. The smallest absolute Gasteiger partial charge is 0.417 e. The molecule has 0 bridgehead atoms. The van der Waals surface area contributed by atoms with Gasteiger partial charge in [0.1, 0.15) is 18.0 Å². The molecular formula is C26H26F9N3O4. The zero-order chi connectivity index (χ0) is 31.2. The molecule has 2 saturated heterocycles. The number of rotatable bonds is 7. The quantitative estimate of drug-likeness (QED) is 0.334. The van der Waals surface area contributed by atoms with E-state index in [0.29, 0.717) is 24.9 Å². The number of nitrogens with zero attached hydrogens (tertiary/aromatic N) is 3. The fourth-order valence-corrected chi connectivity index (χ4v) is 4.99. The summed E-state index contributed by atoms with van der Waals surface area (Å²) in [5.41, 5.74) is -4.96. The molecule has 2 unspecified atom stereocenters. The Hall–Kier alpha value is -3.27. The van der Waals surface area contributed by atoms with Crippen molar-refractivity contribution in [2.45, 2.75) is 63.2 Å². The van der Waals surface area contributed by atoms with Crippen molar-refractivity contribution < 1.29 is 58.5 Å². The largest absolute Gasteiger partial charge is 0.439 e. The van der Waals surface area contributed by atoms with E-state index in [1.165, 1.54) is 6.92 Å². The number of ether oxygens (including phenoxy) is 3. The minimum Gasteiger partial charge on any atom is -0.439 e. The number of halogens is 9. The number of benzene rings is 1. The maximum atomic E-state index is 13.6. The third kappa shape index (κ3) is 6.53. The monoisotopic (exact) mass is 615 g/mol. The zero-order valence-electron chi connectivity index (χ0n) is 22.4. The standard InChI is InChI=1S/C26H26F9N3O4/c1-4-41-20-12-40-11-19(20)37(3)22-15(7-18(9-36-22)26(33,34)35)10-38-13(2)21(42-23(38)39)14-5-16(24(27,28)29)8-17(6-14)25(30,31)32/h5-9,13,19-21H,4,10-12H2,1-3H3/t13?,19-,20?,21-/m0/s1. The van der Waals surface area contributed by atoms with Gasteiger partial charge in [0, 0.05) is 25.4 Å². The minimum absolute atomic E-state index is 0.0464. The van der Waals surface area contributed by atoms with E-state index in [4.69, 9.17) is 14.2 Å². The number of aromatic nitrogens is 1. The van der Waals surface area contributed by atoms with Gasteiger partial charge < -0.3 is 19.1 Å². The van der Waals surface area contributed by atoms with Crippen molar-refractivity contribution in [1.82, 2.24) is 9.88 Å². The van der Waals surface area contributed by atoms with Crippen LogP contribution in [0.5, 0.6) is 0 Å². The van der Waals surface area contributed by atoms with Crippen LogP contribution in [0.1, 0.15) is 47.8 Å². The number of cyclic esters (lactones) is 1. The maximum Gasteiger partial charge on any atom is 0.417 e. The van der Waals surface area contributed by atoms with Gasteiger partial charge in [-0.1, -0.05) is 0 Å². The number of carbonyl (C=O) groups excluding carboxylic acids is 1. The molecule has 0 spiro atoms. The minimum atomic E-state index is -5.13. The first kappa shape index (κ1) is 31.7. The van der Waals surface area contributed by atoms with Crippen LogP contribution in [0, 0.1) is 0 Å². The molecule has 2 aromatic rings. The molecule has 7 nitrogen and oxygen atoms in total. The van der Waals surface area contributed by atoms with Crippen LogP contribution in [-0.2, 0) is 39.3 Å². The second kappa shape index (κ2) is 11.4. The normalized spacial score (nSPS) is 23.4. The number of hydrogen-bond acceptors (Lipinski definition) is 6. The van der Waals surface area contributed by atoms with Gasteiger partial charge >= 0.3 is 24.6 Å². The van der Waals surface area contributed by atoms with Crippen LogP contribution < -0.4 is 4.90 Å². The van der Waals surface area contributed by atoms with Crippen LogP contribution >= 0.6 is 0 Å². The Morgan fingerprint density at radius 3 is 2.10 bits per heavy atom. The predicted octanol–water partition coefficient (Wildman–Crippen LogP) is 6.46. The van der Waals surface area contributed by atoms with Gasteiger partial charge in [0.25, 0.3) is 0 Å². The summed E-state index contributed by atoms with van der Waals surface area (Å²) in [7, 11) is 1.56. The summed E-state index contributed by atoms with van der Waals surface area (Å²) < 4.78 is 138. The van der Waals surface area contributed by atoms with E-state index in [-0.39, 0.29) is 30.7 Å². The van der Waals surface area contributed by atoms with Crippen LogP contribution in [0.2, 0.25) is 0 Å². The van der Waals surface area contributed by atoms with Crippen LogP contribution in [0.4, 0.5) is 50.1 Å². The highest BCUT2D eigenvalue weighted by Crippen LogP contribution is 2.42. The van der Waals surface area contributed by atoms with E-state index in [9.17, 15) is 44.3 Å². The van der Waals surface area contributed by atoms with Crippen LogP contribution in [-0.4, -0.2) is 61.0 Å². The number of amides is 1. The second-order valence-electron chi connectivity index (χ2n) is 9.93. The lowest BCUT2D eigenvalue weighted by Crippen LogP contribution is -2.43. The number of carbonyl (C=O) groups is 1. The fourth-order valence-electron chi connectivity index (χ4n) is 4.99. The Balaban J connectivity index is 1.70. The van der Waals surface area contributed by atoms with Crippen molar-refractivity contribution in [2.75, 3.05) is 31.8 Å². The first-order valence-electron chi connectivity index (χ1n) is 12.7. The number of anilines is 1. The lowest BCUT2D eigenvalue weighted by atomic mass is 9.97. The summed E-state index contributed by atoms with van der Waals surface area (Å²) in [6.07, 6.45) is -17.6. The van der Waals surface area contributed by atoms with Crippen molar-refractivity contribution in [3.63, 3.8) is 0 Å². The second-order valence-corrected chi connectivity index (χ2v) is 9.93.